The number of hydrogen-bond acceptors (Lipinski definition) is 6. The molecule has 0 spiro atoms. The number of aliphatic carboxylic acids is 1. The van der Waals surface area contributed by atoms with Crippen molar-refractivity contribution in [2.45, 2.75) is 46.1 Å². The van der Waals surface area contributed by atoms with Gasteiger partial charge in [-0.2, -0.15) is 11.8 Å². The zero-order valence-corrected chi connectivity index (χ0v) is 16.1. The number of furan rings is 1. The van der Waals surface area contributed by atoms with Gasteiger partial charge in [-0.05, 0) is 31.8 Å². The van der Waals surface area contributed by atoms with Gasteiger partial charge in [0, 0.05) is 12.5 Å². The number of carboxylic acid groups (broad SMARTS) is 1. The third kappa shape index (κ3) is 6.78. The van der Waals surface area contributed by atoms with Crippen molar-refractivity contribution >= 4 is 34.6 Å². The molecule has 25 heavy (non-hydrogen) atoms. The Kier molecular flexibility index (Phi) is 9.69. The number of carboxylic acids is 1. The van der Waals surface area contributed by atoms with Crippen molar-refractivity contribution in [3.05, 3.63) is 30.3 Å². The van der Waals surface area contributed by atoms with Crippen LogP contribution in [0.5, 0.6) is 0 Å². The number of fused-ring (bicyclic) bond motifs is 1. The van der Waals surface area contributed by atoms with E-state index in [-0.39, 0.29) is 0 Å². The van der Waals surface area contributed by atoms with E-state index in [1.165, 1.54) is 6.33 Å². The molecule has 0 amide bonds. The van der Waals surface area contributed by atoms with Crippen molar-refractivity contribution in [1.29, 1.82) is 0 Å². The van der Waals surface area contributed by atoms with Gasteiger partial charge in [0.1, 0.15) is 23.6 Å². The minimum atomic E-state index is -0.895. The van der Waals surface area contributed by atoms with Crippen LogP contribution in [-0.4, -0.2) is 39.1 Å². The Morgan fingerprint density at radius 2 is 2.20 bits per heavy atom. The Balaban J connectivity index is 0.000000550. The quantitative estimate of drug-likeness (QED) is 0.671. The molecule has 2 aromatic rings. The minimum absolute atomic E-state index is 0.434. The number of thioether (sulfide) groups is 1. The average molecular weight is 365 g/mol. The fourth-order valence-electron chi connectivity index (χ4n) is 2.07. The first-order valence-electron chi connectivity index (χ1n) is 8.40. The summed E-state index contributed by atoms with van der Waals surface area (Å²) in [6.45, 7) is 6.14. The summed E-state index contributed by atoms with van der Waals surface area (Å²) in [5, 5.41) is 12.2. The van der Waals surface area contributed by atoms with Gasteiger partial charge in [0.2, 0.25) is 0 Å². The molecule has 0 aliphatic carbocycles. The Hall–Kier alpha value is -2.02. The van der Waals surface area contributed by atoms with E-state index in [1.54, 1.807) is 11.8 Å². The van der Waals surface area contributed by atoms with Gasteiger partial charge in [0.15, 0.2) is 11.4 Å². The summed E-state index contributed by atoms with van der Waals surface area (Å²) in [6.07, 6.45) is 9.97. The molecule has 0 radical (unpaired) electrons. The molecule has 138 valence electrons. The minimum Gasteiger partial charge on any atom is -0.480 e. The van der Waals surface area contributed by atoms with Crippen molar-refractivity contribution in [2.24, 2.45) is 0 Å². The predicted octanol–water partition coefficient (Wildman–Crippen LogP) is 4.38. The van der Waals surface area contributed by atoms with E-state index in [0.717, 1.165) is 24.4 Å². The highest BCUT2D eigenvalue weighted by Gasteiger charge is 2.20. The maximum absolute atomic E-state index is 11.3. The molecule has 0 saturated carbocycles. The lowest BCUT2D eigenvalue weighted by molar-refractivity contribution is -0.137. The molecule has 1 unspecified atom stereocenters. The van der Waals surface area contributed by atoms with Crippen molar-refractivity contribution in [3.8, 4) is 0 Å². The number of carbonyl (C=O) groups is 1. The number of aromatic nitrogens is 2. The molecular weight excluding hydrogens is 338 g/mol. The van der Waals surface area contributed by atoms with E-state index in [2.05, 4.69) is 34.4 Å². The first-order valence-corrected chi connectivity index (χ1v) is 9.79. The van der Waals surface area contributed by atoms with Crippen molar-refractivity contribution in [2.75, 3.05) is 17.3 Å². The van der Waals surface area contributed by atoms with Crippen LogP contribution in [0.2, 0.25) is 0 Å². The maximum Gasteiger partial charge on any atom is 0.326 e. The van der Waals surface area contributed by atoms with E-state index in [0.29, 0.717) is 23.3 Å². The lowest BCUT2D eigenvalue weighted by atomic mass is 10.2. The second kappa shape index (κ2) is 11.5. The first kappa shape index (κ1) is 21.0. The van der Waals surface area contributed by atoms with Crippen LogP contribution in [-0.2, 0) is 11.2 Å². The van der Waals surface area contributed by atoms with Crippen LogP contribution in [0.25, 0.3) is 11.1 Å². The second-order valence-electron chi connectivity index (χ2n) is 5.30. The van der Waals surface area contributed by atoms with E-state index < -0.39 is 12.0 Å². The molecule has 0 saturated heterocycles. The Bertz CT molecular complexity index is 685. The SMILES string of the molecule is C/C=C\CC.CCc1cc2ncnc(NC(CCSC)C(=O)O)c2o1. The molecule has 6 nitrogen and oxygen atoms in total. The van der Waals surface area contributed by atoms with Gasteiger partial charge >= 0.3 is 5.97 Å². The number of hydrogen-bond donors (Lipinski definition) is 2. The Morgan fingerprint density at radius 1 is 1.44 bits per heavy atom. The van der Waals surface area contributed by atoms with Crippen LogP contribution in [0.15, 0.2) is 29.0 Å². The predicted molar refractivity (Wildman–Crippen MR) is 104 cm³/mol. The smallest absolute Gasteiger partial charge is 0.326 e. The molecule has 2 rings (SSSR count). The molecular formula is C18H27N3O3S. The summed E-state index contributed by atoms with van der Waals surface area (Å²) in [4.78, 5) is 19.5. The van der Waals surface area contributed by atoms with Gasteiger partial charge in [-0.3, -0.25) is 0 Å². The highest BCUT2D eigenvalue weighted by atomic mass is 32.2. The molecule has 0 bridgehead atoms. The fraction of sp³-hybridized carbons (Fsp3) is 0.500. The monoisotopic (exact) mass is 365 g/mol. The third-order valence-corrected chi connectivity index (χ3v) is 4.05. The lowest BCUT2D eigenvalue weighted by Crippen LogP contribution is -2.30. The zero-order valence-electron chi connectivity index (χ0n) is 15.3. The molecule has 0 aliphatic heterocycles. The molecule has 0 fully saturated rings. The highest BCUT2D eigenvalue weighted by molar-refractivity contribution is 7.98. The molecule has 2 aromatic heterocycles. The largest absolute Gasteiger partial charge is 0.480 e. The van der Waals surface area contributed by atoms with E-state index >= 15 is 0 Å². The van der Waals surface area contributed by atoms with Crippen molar-refractivity contribution in [3.63, 3.8) is 0 Å². The number of aryl methyl sites for hydroxylation is 1. The Morgan fingerprint density at radius 3 is 2.72 bits per heavy atom. The van der Waals surface area contributed by atoms with E-state index in [1.807, 2.05) is 26.2 Å². The van der Waals surface area contributed by atoms with Gasteiger partial charge in [-0.25, -0.2) is 14.8 Å². The van der Waals surface area contributed by atoms with Gasteiger partial charge in [0.05, 0.1) is 0 Å². The molecule has 2 heterocycles. The standard InChI is InChI=1S/C13H17N3O3S.C5H10/c1-3-8-6-10-11(19-8)12(15-7-14-10)16-9(13(17)18)4-5-20-2;1-3-5-4-2/h6-7,9H,3-5H2,1-2H3,(H,17,18)(H,14,15,16);3,5H,4H2,1-2H3/b;5-3-. The maximum atomic E-state index is 11.3. The molecule has 7 heteroatoms. The highest BCUT2D eigenvalue weighted by Crippen LogP contribution is 2.24. The summed E-state index contributed by atoms with van der Waals surface area (Å²) >= 11 is 1.61. The zero-order chi connectivity index (χ0) is 18.7. The van der Waals surface area contributed by atoms with Crippen LogP contribution in [0.4, 0.5) is 5.82 Å². The molecule has 0 aliphatic rings. The number of anilines is 1. The van der Waals surface area contributed by atoms with Crippen molar-refractivity contribution in [1.82, 2.24) is 9.97 Å². The first-order chi connectivity index (χ1) is 12.1. The lowest BCUT2D eigenvalue weighted by Gasteiger charge is -2.14. The summed E-state index contributed by atoms with van der Waals surface area (Å²) < 4.78 is 5.65. The normalized spacial score (nSPS) is 12.0. The molecule has 0 aromatic carbocycles. The number of nitrogens with zero attached hydrogens (tertiary/aromatic N) is 2. The molecule has 2 N–H and O–H groups in total. The summed E-state index contributed by atoms with van der Waals surface area (Å²) in [5.41, 5.74) is 1.20. The Labute approximate surface area is 153 Å². The second-order valence-corrected chi connectivity index (χ2v) is 6.28. The summed E-state index contributed by atoms with van der Waals surface area (Å²) in [5.74, 6) is 1.10. The van der Waals surface area contributed by atoms with E-state index in [9.17, 15) is 9.90 Å². The van der Waals surface area contributed by atoms with Gasteiger partial charge in [-0.1, -0.05) is 26.0 Å². The summed E-state index contributed by atoms with van der Waals surface area (Å²) in [6, 6.07) is 1.16. The van der Waals surface area contributed by atoms with Gasteiger partial charge in [0.25, 0.3) is 0 Å². The van der Waals surface area contributed by atoms with E-state index in [4.69, 9.17) is 4.42 Å². The average Bonchev–Trinajstić information content (AvgIpc) is 3.03. The van der Waals surface area contributed by atoms with Gasteiger partial charge < -0.3 is 14.8 Å². The number of allylic oxidation sites excluding steroid dienone is 2. The van der Waals surface area contributed by atoms with Crippen LogP contribution in [0.1, 0.15) is 39.4 Å². The van der Waals surface area contributed by atoms with Crippen LogP contribution in [0, 0.1) is 0 Å². The van der Waals surface area contributed by atoms with Crippen LogP contribution in [0.3, 0.4) is 0 Å². The fourth-order valence-corrected chi connectivity index (χ4v) is 2.55. The topological polar surface area (TPSA) is 88.2 Å². The summed E-state index contributed by atoms with van der Waals surface area (Å²) in [7, 11) is 0. The number of rotatable bonds is 8. The van der Waals surface area contributed by atoms with Gasteiger partial charge in [-0.15, -0.1) is 0 Å². The third-order valence-electron chi connectivity index (χ3n) is 3.40. The van der Waals surface area contributed by atoms with Crippen LogP contribution >= 0.6 is 11.8 Å². The number of nitrogens with one attached hydrogen (secondary N) is 1. The molecule has 1 atom stereocenters. The van der Waals surface area contributed by atoms with Crippen molar-refractivity contribution < 1.29 is 14.3 Å². The van der Waals surface area contributed by atoms with Crippen LogP contribution < -0.4 is 5.32 Å².